The molecule has 0 bridgehead atoms. The van der Waals surface area contributed by atoms with E-state index in [0.717, 1.165) is 29.8 Å². The number of rotatable bonds is 5. The molecular weight excluding hydrogens is 341 g/mol. The molecule has 27 heavy (non-hydrogen) atoms. The zero-order valence-corrected chi connectivity index (χ0v) is 15.7. The van der Waals surface area contributed by atoms with Gasteiger partial charge in [0.15, 0.2) is 0 Å². The first-order valence-corrected chi connectivity index (χ1v) is 9.54. The maximum Gasteiger partial charge on any atom is 0.227 e. The van der Waals surface area contributed by atoms with Crippen LogP contribution in [0, 0.1) is 11.7 Å². The number of anilines is 1. The molecule has 4 nitrogen and oxygen atoms in total. The molecule has 0 radical (unpaired) electrons. The molecule has 1 saturated heterocycles. The van der Waals surface area contributed by atoms with Crippen LogP contribution in [0.1, 0.15) is 38.4 Å². The number of aryl methyl sites for hydroxylation is 1. The Morgan fingerprint density at radius 2 is 1.89 bits per heavy atom. The second-order valence-electron chi connectivity index (χ2n) is 7.65. The lowest BCUT2D eigenvalue weighted by Crippen LogP contribution is -2.25. The van der Waals surface area contributed by atoms with Gasteiger partial charge in [0, 0.05) is 25.4 Å². The summed E-state index contributed by atoms with van der Waals surface area (Å²) in [5.74, 6) is 1.08. The van der Waals surface area contributed by atoms with Crippen molar-refractivity contribution < 1.29 is 9.18 Å². The van der Waals surface area contributed by atoms with Crippen molar-refractivity contribution >= 4 is 22.6 Å². The number of imidazole rings is 1. The topological polar surface area (TPSA) is 38.1 Å². The second-order valence-corrected chi connectivity index (χ2v) is 7.65. The highest BCUT2D eigenvalue weighted by Gasteiger charge is 2.35. The van der Waals surface area contributed by atoms with Gasteiger partial charge in [0.05, 0.1) is 16.7 Å². The highest BCUT2D eigenvalue weighted by molar-refractivity contribution is 5.96. The molecule has 0 unspecified atom stereocenters. The van der Waals surface area contributed by atoms with Crippen LogP contribution in [0.5, 0.6) is 0 Å². The molecule has 2 heterocycles. The smallest absolute Gasteiger partial charge is 0.227 e. The molecule has 5 heteroatoms. The van der Waals surface area contributed by atoms with Gasteiger partial charge in [0.25, 0.3) is 0 Å². The molecule has 0 N–H and O–H groups in total. The van der Waals surface area contributed by atoms with Gasteiger partial charge >= 0.3 is 0 Å². The number of benzene rings is 2. The molecule has 1 aromatic heterocycles. The van der Waals surface area contributed by atoms with Gasteiger partial charge in [-0.1, -0.05) is 38.1 Å². The number of carbonyl (C=O) groups is 1. The highest BCUT2D eigenvalue weighted by atomic mass is 19.1. The SMILES string of the molecule is CC(C)CCn1c([C@H]2CC(=O)N(c3ccccc3F)C2)nc2ccccc21. The van der Waals surface area contributed by atoms with Crippen molar-refractivity contribution in [2.24, 2.45) is 5.92 Å². The van der Waals surface area contributed by atoms with Gasteiger partial charge in [0.2, 0.25) is 5.91 Å². The van der Waals surface area contributed by atoms with Crippen LogP contribution < -0.4 is 4.90 Å². The van der Waals surface area contributed by atoms with E-state index in [0.29, 0.717) is 24.6 Å². The Bertz CT molecular complexity index is 979. The number of amides is 1. The molecule has 1 aliphatic heterocycles. The number of fused-ring (bicyclic) bond motifs is 1. The normalized spacial score (nSPS) is 17.4. The van der Waals surface area contributed by atoms with Crippen molar-refractivity contribution in [3.8, 4) is 0 Å². The Balaban J connectivity index is 1.69. The molecule has 1 amide bonds. The predicted octanol–water partition coefficient (Wildman–Crippen LogP) is 4.74. The van der Waals surface area contributed by atoms with Crippen molar-refractivity contribution in [2.75, 3.05) is 11.4 Å². The summed E-state index contributed by atoms with van der Waals surface area (Å²) in [5, 5.41) is 0. The van der Waals surface area contributed by atoms with Crippen LogP contribution in [0.25, 0.3) is 11.0 Å². The summed E-state index contributed by atoms with van der Waals surface area (Å²) in [4.78, 5) is 19.0. The molecule has 1 aliphatic rings. The molecule has 1 fully saturated rings. The number of halogens is 1. The summed E-state index contributed by atoms with van der Waals surface area (Å²) in [5.41, 5.74) is 2.41. The summed E-state index contributed by atoms with van der Waals surface area (Å²) in [6.07, 6.45) is 1.41. The van der Waals surface area contributed by atoms with E-state index in [9.17, 15) is 9.18 Å². The number of para-hydroxylation sites is 3. The van der Waals surface area contributed by atoms with E-state index in [1.807, 2.05) is 18.2 Å². The van der Waals surface area contributed by atoms with Crippen LogP contribution in [0.3, 0.4) is 0 Å². The van der Waals surface area contributed by atoms with Gasteiger partial charge < -0.3 is 9.47 Å². The molecule has 4 rings (SSSR count). The minimum absolute atomic E-state index is 0.0309. The zero-order chi connectivity index (χ0) is 19.0. The van der Waals surface area contributed by atoms with E-state index in [1.165, 1.54) is 6.07 Å². The Morgan fingerprint density at radius 3 is 2.67 bits per heavy atom. The third-order valence-electron chi connectivity index (χ3n) is 5.25. The van der Waals surface area contributed by atoms with Crippen molar-refractivity contribution in [1.82, 2.24) is 9.55 Å². The van der Waals surface area contributed by atoms with Crippen LogP contribution in [0.2, 0.25) is 0 Å². The summed E-state index contributed by atoms with van der Waals surface area (Å²) < 4.78 is 16.4. The van der Waals surface area contributed by atoms with Gasteiger partial charge in [-0.3, -0.25) is 4.79 Å². The van der Waals surface area contributed by atoms with E-state index in [4.69, 9.17) is 4.98 Å². The van der Waals surface area contributed by atoms with Crippen molar-refractivity contribution in [3.63, 3.8) is 0 Å². The van der Waals surface area contributed by atoms with E-state index in [1.54, 1.807) is 23.1 Å². The maximum atomic E-state index is 14.2. The minimum Gasteiger partial charge on any atom is -0.328 e. The fraction of sp³-hybridized carbons (Fsp3) is 0.364. The van der Waals surface area contributed by atoms with Crippen LogP contribution in [-0.2, 0) is 11.3 Å². The largest absolute Gasteiger partial charge is 0.328 e. The summed E-state index contributed by atoms with van der Waals surface area (Å²) in [6.45, 7) is 5.75. The van der Waals surface area contributed by atoms with Crippen molar-refractivity contribution in [1.29, 1.82) is 0 Å². The van der Waals surface area contributed by atoms with E-state index < -0.39 is 0 Å². The quantitative estimate of drug-likeness (QED) is 0.655. The van der Waals surface area contributed by atoms with E-state index in [-0.39, 0.29) is 17.6 Å². The Hall–Kier alpha value is -2.69. The van der Waals surface area contributed by atoms with Gasteiger partial charge in [0.1, 0.15) is 11.6 Å². The minimum atomic E-state index is -0.361. The zero-order valence-electron chi connectivity index (χ0n) is 15.7. The maximum absolute atomic E-state index is 14.2. The van der Waals surface area contributed by atoms with Gasteiger partial charge in [-0.25, -0.2) is 9.37 Å². The third-order valence-corrected chi connectivity index (χ3v) is 5.25. The first kappa shape index (κ1) is 17.7. The summed E-state index contributed by atoms with van der Waals surface area (Å²) in [6, 6.07) is 14.6. The molecular formula is C22H24FN3O. The fourth-order valence-corrected chi connectivity index (χ4v) is 3.81. The van der Waals surface area contributed by atoms with Crippen LogP contribution in [0.15, 0.2) is 48.5 Å². The monoisotopic (exact) mass is 365 g/mol. The summed E-state index contributed by atoms with van der Waals surface area (Å²) in [7, 11) is 0. The van der Waals surface area contributed by atoms with Gasteiger partial charge in [-0.2, -0.15) is 0 Å². The molecule has 1 atom stereocenters. The average molecular weight is 365 g/mol. The first-order valence-electron chi connectivity index (χ1n) is 9.54. The lowest BCUT2D eigenvalue weighted by Gasteiger charge is -2.18. The predicted molar refractivity (Wildman–Crippen MR) is 105 cm³/mol. The number of nitrogens with zero attached hydrogens (tertiary/aromatic N) is 3. The Kier molecular flexibility index (Phi) is 4.68. The standard InChI is InChI=1S/C22H24FN3O/c1-15(2)11-12-25-20-10-6-4-8-18(20)24-22(25)16-13-21(27)26(14-16)19-9-5-3-7-17(19)23/h3-10,15-16H,11-14H2,1-2H3/t16-/m0/s1. The van der Waals surface area contributed by atoms with E-state index >= 15 is 0 Å². The summed E-state index contributed by atoms with van der Waals surface area (Å²) >= 11 is 0. The van der Waals surface area contributed by atoms with Crippen molar-refractivity contribution in [3.05, 3.63) is 60.2 Å². The molecule has 140 valence electrons. The van der Waals surface area contributed by atoms with Crippen molar-refractivity contribution in [2.45, 2.75) is 39.2 Å². The molecule has 0 saturated carbocycles. The van der Waals surface area contributed by atoms with Gasteiger partial charge in [-0.05, 0) is 36.6 Å². The average Bonchev–Trinajstić information content (AvgIpc) is 3.21. The molecule has 0 aliphatic carbocycles. The Morgan fingerprint density at radius 1 is 1.15 bits per heavy atom. The third kappa shape index (κ3) is 3.34. The Labute approximate surface area is 158 Å². The van der Waals surface area contributed by atoms with Crippen LogP contribution in [0.4, 0.5) is 10.1 Å². The molecule has 0 spiro atoms. The molecule has 3 aromatic rings. The number of hydrogen-bond acceptors (Lipinski definition) is 2. The first-order chi connectivity index (χ1) is 13.0. The van der Waals surface area contributed by atoms with Crippen LogP contribution >= 0.6 is 0 Å². The lowest BCUT2D eigenvalue weighted by molar-refractivity contribution is -0.117. The number of hydrogen-bond donors (Lipinski definition) is 0. The highest BCUT2D eigenvalue weighted by Crippen LogP contribution is 2.34. The van der Waals surface area contributed by atoms with Gasteiger partial charge in [-0.15, -0.1) is 0 Å². The van der Waals surface area contributed by atoms with Crippen LogP contribution in [-0.4, -0.2) is 22.0 Å². The number of aromatic nitrogens is 2. The van der Waals surface area contributed by atoms with E-state index in [2.05, 4.69) is 24.5 Å². The second kappa shape index (κ2) is 7.14. The lowest BCUT2D eigenvalue weighted by atomic mass is 10.1. The molecule has 2 aromatic carbocycles. The fourth-order valence-electron chi connectivity index (χ4n) is 3.81. The number of carbonyl (C=O) groups excluding carboxylic acids is 1.